The van der Waals surface area contributed by atoms with Crippen LogP contribution in [0.25, 0.3) is 0 Å². The van der Waals surface area contributed by atoms with Gasteiger partial charge in [0.1, 0.15) is 0 Å². The first-order valence-corrected chi connectivity index (χ1v) is 11.7. The fourth-order valence-corrected chi connectivity index (χ4v) is 5.95. The largest absolute Gasteiger partial charge is 0.324 e. The molecule has 0 saturated heterocycles. The lowest BCUT2D eigenvalue weighted by Crippen LogP contribution is -2.50. The fraction of sp³-hybridized carbons (Fsp3) is 0.765. The Morgan fingerprint density at radius 3 is 2.00 bits per heavy atom. The Morgan fingerprint density at radius 2 is 1.58 bits per heavy atom. The molecule has 1 aromatic heterocycles. The van der Waals surface area contributed by atoms with Crippen LogP contribution in [0.5, 0.6) is 0 Å². The molecule has 2 saturated carbocycles. The van der Waals surface area contributed by atoms with Crippen molar-refractivity contribution in [1.82, 2.24) is 9.88 Å². The Bertz CT molecular complexity index is 717. The highest BCUT2D eigenvalue weighted by atomic mass is 32.3. The molecule has 9 heteroatoms. The molecule has 0 spiro atoms. The Kier molecular flexibility index (Phi) is 6.19. The summed E-state index contributed by atoms with van der Waals surface area (Å²) in [4.78, 5) is 19.2. The van der Waals surface area contributed by atoms with Crippen LogP contribution in [0, 0.1) is 6.92 Å². The van der Waals surface area contributed by atoms with Crippen molar-refractivity contribution in [3.63, 3.8) is 0 Å². The lowest BCUT2D eigenvalue weighted by atomic mass is 9.89. The van der Waals surface area contributed by atoms with Crippen LogP contribution in [0.15, 0.2) is 4.21 Å². The zero-order valence-electron chi connectivity index (χ0n) is 15.1. The third-order valence-electron chi connectivity index (χ3n) is 5.37. The molecular formula is C17H27N3O4S2. The van der Waals surface area contributed by atoms with E-state index in [0.717, 1.165) is 62.7 Å². The molecule has 1 aromatic rings. The van der Waals surface area contributed by atoms with Crippen LogP contribution in [0.1, 0.15) is 69.9 Å². The summed E-state index contributed by atoms with van der Waals surface area (Å²) in [5, 5.41) is 3.01. The van der Waals surface area contributed by atoms with Crippen molar-refractivity contribution >= 4 is 32.6 Å². The highest BCUT2D eigenvalue weighted by Crippen LogP contribution is 2.32. The summed E-state index contributed by atoms with van der Waals surface area (Å²) < 4.78 is 31.8. The summed E-state index contributed by atoms with van der Waals surface area (Å²) in [7, 11) is -4.32. The van der Waals surface area contributed by atoms with Crippen LogP contribution < -0.4 is 5.32 Å². The highest BCUT2D eigenvalue weighted by molar-refractivity contribution is 7.88. The van der Waals surface area contributed by atoms with Gasteiger partial charge in [-0.2, -0.15) is 8.42 Å². The molecule has 26 heavy (non-hydrogen) atoms. The Hall–Kier alpha value is -1.19. The van der Waals surface area contributed by atoms with Crippen LogP contribution in [0.3, 0.4) is 0 Å². The van der Waals surface area contributed by atoms with Crippen LogP contribution >= 0.6 is 11.3 Å². The first kappa shape index (κ1) is 19.6. The van der Waals surface area contributed by atoms with E-state index in [1.807, 2.05) is 4.90 Å². The normalized spacial score (nSPS) is 20.1. The molecule has 2 aliphatic carbocycles. The van der Waals surface area contributed by atoms with Gasteiger partial charge in [0.2, 0.25) is 0 Å². The number of hydrogen-bond acceptors (Lipinski definition) is 5. The number of amides is 2. The number of rotatable bonds is 4. The lowest BCUT2D eigenvalue weighted by molar-refractivity contribution is 0.114. The zero-order chi connectivity index (χ0) is 18.7. The van der Waals surface area contributed by atoms with E-state index in [1.165, 1.54) is 19.8 Å². The summed E-state index contributed by atoms with van der Waals surface area (Å²) >= 11 is 0.798. The van der Waals surface area contributed by atoms with Crippen molar-refractivity contribution in [2.45, 2.75) is 87.4 Å². The molecule has 0 radical (unpaired) electrons. The summed E-state index contributed by atoms with van der Waals surface area (Å²) in [6.45, 7) is 1.51. The van der Waals surface area contributed by atoms with Gasteiger partial charge in [-0.1, -0.05) is 49.9 Å². The van der Waals surface area contributed by atoms with Gasteiger partial charge in [-0.05, 0) is 32.6 Å². The van der Waals surface area contributed by atoms with E-state index >= 15 is 0 Å². The maximum absolute atomic E-state index is 13.1. The number of nitrogens with zero attached hydrogens (tertiary/aromatic N) is 2. The number of thiazole rings is 1. The molecule has 0 bridgehead atoms. The average molecular weight is 402 g/mol. The van der Waals surface area contributed by atoms with Crippen LogP contribution in [0.2, 0.25) is 0 Å². The van der Waals surface area contributed by atoms with Crippen LogP contribution in [-0.2, 0) is 10.1 Å². The average Bonchev–Trinajstić information content (AvgIpc) is 2.97. The first-order valence-electron chi connectivity index (χ1n) is 9.40. The van der Waals surface area contributed by atoms with Crippen molar-refractivity contribution in [2.75, 3.05) is 5.32 Å². The highest BCUT2D eigenvalue weighted by Gasteiger charge is 2.33. The third-order valence-corrected chi connectivity index (χ3v) is 7.89. The second-order valence-electron chi connectivity index (χ2n) is 7.29. The van der Waals surface area contributed by atoms with E-state index in [1.54, 1.807) is 0 Å². The number of hydrogen-bond donors (Lipinski definition) is 2. The molecule has 2 N–H and O–H groups in total. The number of nitrogens with one attached hydrogen (secondary N) is 1. The summed E-state index contributed by atoms with van der Waals surface area (Å²) in [6.07, 6.45) is 11.1. The molecule has 2 amide bonds. The maximum atomic E-state index is 13.1. The molecular weight excluding hydrogens is 374 g/mol. The molecule has 146 valence electrons. The van der Waals surface area contributed by atoms with E-state index in [-0.39, 0.29) is 33.1 Å². The standard InChI is InChI=1S/C17H27N3O4S2/c1-12-15(26(22,23)24)25-16(18-12)19-17(21)20(13-8-4-2-5-9-13)14-10-6-3-7-11-14/h13-14H,2-11H2,1H3,(H,18,19,21)(H,22,23,24). The molecule has 0 unspecified atom stereocenters. The monoisotopic (exact) mass is 401 g/mol. The molecule has 0 aromatic carbocycles. The van der Waals surface area contributed by atoms with Crippen molar-refractivity contribution < 1.29 is 17.8 Å². The number of aryl methyl sites for hydroxylation is 1. The van der Waals surface area contributed by atoms with Crippen molar-refractivity contribution in [3.8, 4) is 0 Å². The van der Waals surface area contributed by atoms with Crippen molar-refractivity contribution in [2.24, 2.45) is 0 Å². The summed E-state index contributed by atoms with van der Waals surface area (Å²) in [5.41, 5.74) is 0.203. The second-order valence-corrected chi connectivity index (χ2v) is 9.90. The molecule has 7 nitrogen and oxygen atoms in total. The van der Waals surface area contributed by atoms with Crippen LogP contribution in [0.4, 0.5) is 9.93 Å². The van der Waals surface area contributed by atoms with Gasteiger partial charge >= 0.3 is 16.1 Å². The van der Waals surface area contributed by atoms with Gasteiger partial charge in [0, 0.05) is 12.1 Å². The quantitative estimate of drug-likeness (QED) is 0.737. The van der Waals surface area contributed by atoms with E-state index in [2.05, 4.69) is 10.3 Å². The minimum Gasteiger partial charge on any atom is -0.319 e. The van der Waals surface area contributed by atoms with Gasteiger partial charge < -0.3 is 4.90 Å². The van der Waals surface area contributed by atoms with Gasteiger partial charge in [0.25, 0.3) is 0 Å². The predicted octanol–water partition coefficient (Wildman–Crippen LogP) is 4.20. The molecule has 3 rings (SSSR count). The number of aromatic nitrogens is 1. The third kappa shape index (κ3) is 4.55. The molecule has 2 aliphatic rings. The van der Waals surface area contributed by atoms with Gasteiger partial charge in [0.05, 0.1) is 5.69 Å². The number of urea groups is 1. The molecule has 0 aliphatic heterocycles. The summed E-state index contributed by atoms with van der Waals surface area (Å²) in [5.74, 6) is 0. The van der Waals surface area contributed by atoms with E-state index in [4.69, 9.17) is 0 Å². The minimum absolute atomic E-state index is 0.195. The van der Waals surface area contributed by atoms with Gasteiger partial charge in [-0.3, -0.25) is 9.87 Å². The predicted molar refractivity (Wildman–Crippen MR) is 101 cm³/mol. The summed E-state index contributed by atoms with van der Waals surface area (Å²) in [6, 6.07) is 0.294. The molecule has 1 heterocycles. The van der Waals surface area contributed by atoms with E-state index in [0.29, 0.717) is 0 Å². The zero-order valence-corrected chi connectivity index (χ0v) is 16.7. The SMILES string of the molecule is Cc1nc(NC(=O)N(C2CCCCC2)C2CCCCC2)sc1S(=O)(=O)O. The van der Waals surface area contributed by atoms with Gasteiger partial charge in [-0.15, -0.1) is 0 Å². The van der Waals surface area contributed by atoms with Gasteiger partial charge in [-0.25, -0.2) is 9.78 Å². The fourth-order valence-electron chi connectivity index (χ4n) is 4.18. The first-order chi connectivity index (χ1) is 12.4. The van der Waals surface area contributed by atoms with Crippen LogP contribution in [-0.4, -0.2) is 41.0 Å². The Morgan fingerprint density at radius 1 is 1.08 bits per heavy atom. The molecule has 2 fully saturated rings. The van der Waals surface area contributed by atoms with Gasteiger partial charge in [0.15, 0.2) is 9.34 Å². The minimum atomic E-state index is -4.32. The second kappa shape index (κ2) is 8.22. The Labute approximate surface area is 158 Å². The maximum Gasteiger partial charge on any atom is 0.324 e. The Balaban J connectivity index is 1.78. The van der Waals surface area contributed by atoms with E-state index in [9.17, 15) is 17.8 Å². The molecule has 0 atom stereocenters. The number of carbonyl (C=O) groups excluding carboxylic acids is 1. The lowest BCUT2D eigenvalue weighted by Gasteiger charge is -2.41. The topological polar surface area (TPSA) is 99.6 Å². The number of carbonyl (C=O) groups is 1. The smallest absolute Gasteiger partial charge is 0.319 e. The van der Waals surface area contributed by atoms with Crippen molar-refractivity contribution in [3.05, 3.63) is 5.69 Å². The van der Waals surface area contributed by atoms with E-state index < -0.39 is 10.1 Å². The van der Waals surface area contributed by atoms with Crippen molar-refractivity contribution in [1.29, 1.82) is 0 Å². The number of anilines is 1.